The van der Waals surface area contributed by atoms with Crippen molar-refractivity contribution in [2.45, 2.75) is 39.3 Å². The average Bonchev–Trinajstić information content (AvgIpc) is 3.51. The van der Waals surface area contributed by atoms with Crippen molar-refractivity contribution < 1.29 is 4.79 Å². The van der Waals surface area contributed by atoms with Gasteiger partial charge in [0.05, 0.1) is 6.54 Å². The third kappa shape index (κ3) is 7.12. The zero-order chi connectivity index (χ0) is 22.9. The molecule has 7 nitrogen and oxygen atoms in total. The number of halogens is 1. The van der Waals surface area contributed by atoms with Crippen LogP contribution >= 0.6 is 24.0 Å². The summed E-state index contributed by atoms with van der Waals surface area (Å²) >= 11 is 0. The number of hydrogen-bond acceptors (Lipinski definition) is 2. The van der Waals surface area contributed by atoms with Crippen LogP contribution in [0.4, 0.5) is 10.5 Å². The maximum absolute atomic E-state index is 12.3. The molecular formula is C26H35IN6O. The van der Waals surface area contributed by atoms with E-state index in [1.54, 1.807) is 0 Å². The molecule has 8 heteroatoms. The molecule has 34 heavy (non-hydrogen) atoms. The fourth-order valence-corrected chi connectivity index (χ4v) is 4.17. The molecule has 182 valence electrons. The van der Waals surface area contributed by atoms with Crippen LogP contribution in [0.15, 0.2) is 65.8 Å². The summed E-state index contributed by atoms with van der Waals surface area (Å²) in [5.74, 6) is 0.807. The number of para-hydroxylation sites is 1. The maximum atomic E-state index is 12.3. The van der Waals surface area contributed by atoms with Crippen LogP contribution < -0.4 is 16.0 Å². The van der Waals surface area contributed by atoms with Gasteiger partial charge in [0.1, 0.15) is 0 Å². The van der Waals surface area contributed by atoms with E-state index in [1.807, 2.05) is 29.2 Å². The number of likely N-dealkylation sites (tertiary alicyclic amines) is 1. The van der Waals surface area contributed by atoms with Crippen LogP contribution in [0.3, 0.4) is 0 Å². The molecule has 0 saturated carbocycles. The molecule has 1 aliphatic heterocycles. The average molecular weight is 575 g/mol. The minimum absolute atomic E-state index is 0. The van der Waals surface area contributed by atoms with Gasteiger partial charge in [0.25, 0.3) is 0 Å². The Labute approximate surface area is 219 Å². The van der Waals surface area contributed by atoms with E-state index in [4.69, 9.17) is 4.99 Å². The van der Waals surface area contributed by atoms with E-state index in [0.29, 0.717) is 6.54 Å². The molecule has 2 amide bonds. The van der Waals surface area contributed by atoms with Crippen molar-refractivity contribution in [1.82, 2.24) is 20.1 Å². The first-order valence-electron chi connectivity index (χ1n) is 11.9. The van der Waals surface area contributed by atoms with Crippen LogP contribution in [0, 0.1) is 0 Å². The molecule has 1 fully saturated rings. The third-order valence-electron chi connectivity index (χ3n) is 5.88. The number of guanidine groups is 1. The first kappa shape index (κ1) is 25.9. The summed E-state index contributed by atoms with van der Waals surface area (Å²) in [6, 6.07) is 18.5. The molecule has 0 unspecified atom stereocenters. The van der Waals surface area contributed by atoms with Crippen LogP contribution in [0.2, 0.25) is 0 Å². The predicted molar refractivity (Wildman–Crippen MR) is 151 cm³/mol. The molecule has 2 heterocycles. The highest BCUT2D eigenvalue weighted by atomic mass is 127. The Balaban J connectivity index is 0.00000324. The number of fused-ring (bicyclic) bond motifs is 1. The monoisotopic (exact) mass is 574 g/mol. The predicted octanol–water partition coefficient (Wildman–Crippen LogP) is 5.03. The first-order chi connectivity index (χ1) is 16.2. The van der Waals surface area contributed by atoms with Crippen LogP contribution in [-0.2, 0) is 13.1 Å². The second kappa shape index (κ2) is 13.2. The van der Waals surface area contributed by atoms with Crippen molar-refractivity contribution in [3.63, 3.8) is 0 Å². The van der Waals surface area contributed by atoms with E-state index in [0.717, 1.165) is 69.2 Å². The number of benzene rings is 2. The van der Waals surface area contributed by atoms with Gasteiger partial charge in [-0.2, -0.15) is 0 Å². The summed E-state index contributed by atoms with van der Waals surface area (Å²) < 4.78 is 2.29. The maximum Gasteiger partial charge on any atom is 0.321 e. The molecule has 0 spiro atoms. The van der Waals surface area contributed by atoms with Gasteiger partial charge in [-0.15, -0.1) is 24.0 Å². The van der Waals surface area contributed by atoms with Crippen molar-refractivity contribution in [1.29, 1.82) is 0 Å². The lowest BCUT2D eigenvalue weighted by atomic mass is 10.2. The minimum Gasteiger partial charge on any atom is -0.357 e. The zero-order valence-corrected chi connectivity index (χ0v) is 22.1. The molecule has 3 N–H and O–H groups in total. The summed E-state index contributed by atoms with van der Waals surface area (Å²) in [6.07, 6.45) is 5.33. The summed E-state index contributed by atoms with van der Waals surface area (Å²) in [7, 11) is 0. The normalized spacial score (nSPS) is 13.6. The molecular weight excluding hydrogens is 539 g/mol. The number of amides is 2. The molecule has 0 radical (unpaired) electrons. The molecule has 1 saturated heterocycles. The third-order valence-corrected chi connectivity index (χ3v) is 5.88. The highest BCUT2D eigenvalue weighted by Gasteiger charge is 2.17. The Morgan fingerprint density at radius 3 is 2.68 bits per heavy atom. The summed E-state index contributed by atoms with van der Waals surface area (Å²) in [5.41, 5.74) is 3.15. The number of carbonyl (C=O) groups is 1. The SMILES string of the molecule is CCNC(=NCc1cccc(NC(=O)N2CCCC2)c1)NCCCn1ccc2ccccc21.I. The van der Waals surface area contributed by atoms with E-state index >= 15 is 0 Å². The second-order valence-electron chi connectivity index (χ2n) is 8.37. The Kier molecular flexibility index (Phi) is 10.1. The highest BCUT2D eigenvalue weighted by Crippen LogP contribution is 2.16. The summed E-state index contributed by atoms with van der Waals surface area (Å²) in [6.45, 7) is 6.90. The van der Waals surface area contributed by atoms with Crippen LogP contribution in [-0.4, -0.2) is 47.6 Å². The van der Waals surface area contributed by atoms with E-state index in [9.17, 15) is 4.79 Å². The van der Waals surface area contributed by atoms with Gasteiger partial charge in [-0.1, -0.05) is 30.3 Å². The largest absolute Gasteiger partial charge is 0.357 e. The number of aromatic nitrogens is 1. The van der Waals surface area contributed by atoms with E-state index < -0.39 is 0 Å². The Morgan fingerprint density at radius 1 is 1.03 bits per heavy atom. The van der Waals surface area contributed by atoms with Crippen LogP contribution in [0.1, 0.15) is 31.7 Å². The number of urea groups is 1. The van der Waals surface area contributed by atoms with Crippen molar-refractivity contribution in [2.75, 3.05) is 31.5 Å². The second-order valence-corrected chi connectivity index (χ2v) is 8.37. The number of aryl methyl sites for hydroxylation is 1. The van der Waals surface area contributed by atoms with Crippen LogP contribution in [0.25, 0.3) is 10.9 Å². The molecule has 0 bridgehead atoms. The van der Waals surface area contributed by atoms with Gasteiger partial charge < -0.3 is 25.4 Å². The van der Waals surface area contributed by atoms with Crippen LogP contribution in [0.5, 0.6) is 0 Å². The lowest BCUT2D eigenvalue weighted by molar-refractivity contribution is 0.222. The highest BCUT2D eigenvalue weighted by molar-refractivity contribution is 14.0. The molecule has 2 aromatic carbocycles. The van der Waals surface area contributed by atoms with E-state index in [-0.39, 0.29) is 30.0 Å². The Hall–Kier alpha value is -2.75. The number of hydrogen-bond donors (Lipinski definition) is 3. The number of nitrogens with zero attached hydrogens (tertiary/aromatic N) is 3. The molecule has 3 aromatic rings. The standard InChI is InChI=1S/C26H34N6O.HI/c1-2-27-25(28-14-8-17-31-18-13-22-10-3-4-12-24(22)31)29-20-21-9-7-11-23(19-21)30-26(33)32-15-5-6-16-32;/h3-4,7,9-13,18-19H,2,5-6,8,14-17,20H2,1H3,(H,30,33)(H2,27,28,29);1H. The van der Waals surface area contributed by atoms with E-state index in [1.165, 1.54) is 10.9 Å². The minimum atomic E-state index is -0.0152. The number of carbonyl (C=O) groups excluding carboxylic acids is 1. The molecule has 4 rings (SSSR count). The summed E-state index contributed by atoms with van der Waals surface area (Å²) in [4.78, 5) is 18.9. The Morgan fingerprint density at radius 2 is 1.85 bits per heavy atom. The number of anilines is 1. The van der Waals surface area contributed by atoms with Gasteiger partial charge >= 0.3 is 6.03 Å². The molecule has 1 aliphatic rings. The van der Waals surface area contributed by atoms with Gasteiger partial charge in [0, 0.05) is 50.1 Å². The van der Waals surface area contributed by atoms with Crippen molar-refractivity contribution >= 4 is 52.6 Å². The first-order valence-corrected chi connectivity index (χ1v) is 11.9. The van der Waals surface area contributed by atoms with Gasteiger partial charge in [-0.3, -0.25) is 0 Å². The lowest BCUT2D eigenvalue weighted by Crippen LogP contribution is -2.38. The van der Waals surface area contributed by atoms with E-state index in [2.05, 4.69) is 64.0 Å². The molecule has 0 aliphatic carbocycles. The van der Waals surface area contributed by atoms with Crippen molar-refractivity contribution in [3.05, 3.63) is 66.4 Å². The number of aliphatic imine (C=N–C) groups is 1. The van der Waals surface area contributed by atoms with Crippen molar-refractivity contribution in [3.8, 4) is 0 Å². The van der Waals surface area contributed by atoms with Gasteiger partial charge in [-0.25, -0.2) is 9.79 Å². The van der Waals surface area contributed by atoms with Gasteiger partial charge in [0.15, 0.2) is 5.96 Å². The fourth-order valence-electron chi connectivity index (χ4n) is 4.17. The lowest BCUT2D eigenvalue weighted by Gasteiger charge is -2.16. The smallest absolute Gasteiger partial charge is 0.321 e. The summed E-state index contributed by atoms with van der Waals surface area (Å²) in [5, 5.41) is 11.0. The number of nitrogens with one attached hydrogen (secondary N) is 3. The topological polar surface area (TPSA) is 73.7 Å². The molecule has 1 aromatic heterocycles. The van der Waals surface area contributed by atoms with Gasteiger partial charge in [0.2, 0.25) is 0 Å². The fraction of sp³-hybridized carbons (Fsp3) is 0.385. The van der Waals surface area contributed by atoms with Gasteiger partial charge in [-0.05, 0) is 61.4 Å². The zero-order valence-electron chi connectivity index (χ0n) is 19.8. The van der Waals surface area contributed by atoms with Crippen molar-refractivity contribution in [2.24, 2.45) is 4.99 Å². The Bertz CT molecular complexity index is 1090. The quantitative estimate of drug-likeness (QED) is 0.153. The number of rotatable bonds is 8. The molecule has 0 atom stereocenters.